The first-order chi connectivity index (χ1) is 13.1. The molecule has 0 bridgehead atoms. The zero-order valence-corrected chi connectivity index (χ0v) is 14.5. The molecule has 0 aromatic heterocycles. The summed E-state index contributed by atoms with van der Waals surface area (Å²) in [6.45, 7) is 0. The molecule has 3 N–H and O–H groups in total. The smallest absolute Gasteiger partial charge is 0.267 e. The number of amides is 2. The van der Waals surface area contributed by atoms with Crippen LogP contribution in [0.4, 0.5) is 4.39 Å². The van der Waals surface area contributed by atoms with E-state index in [0.29, 0.717) is 22.3 Å². The normalized spacial score (nSPS) is 14.2. The fourth-order valence-electron chi connectivity index (χ4n) is 2.55. The molecule has 3 rings (SSSR count). The number of halogens is 1. The van der Waals surface area contributed by atoms with Crippen molar-refractivity contribution in [2.75, 3.05) is 0 Å². The minimum Gasteiger partial charge on any atom is -0.349 e. The van der Waals surface area contributed by atoms with E-state index in [1.54, 1.807) is 36.4 Å². The maximum absolute atomic E-state index is 13.3. The van der Waals surface area contributed by atoms with Gasteiger partial charge in [0.2, 0.25) is 0 Å². The predicted molar refractivity (Wildman–Crippen MR) is 101 cm³/mol. The maximum atomic E-state index is 13.3. The third kappa shape index (κ3) is 5.12. The molecule has 1 fully saturated rings. The summed E-state index contributed by atoms with van der Waals surface area (Å²) in [5.41, 5.74) is 3.95. The highest BCUT2D eigenvalue weighted by molar-refractivity contribution is 6.24. The first-order valence-corrected chi connectivity index (χ1v) is 8.56. The fourth-order valence-corrected chi connectivity index (χ4v) is 2.55. The van der Waals surface area contributed by atoms with E-state index in [2.05, 4.69) is 5.32 Å². The lowest BCUT2D eigenvalue weighted by atomic mass is 9.99. The van der Waals surface area contributed by atoms with E-state index in [-0.39, 0.29) is 17.8 Å². The van der Waals surface area contributed by atoms with Gasteiger partial charge in [-0.1, -0.05) is 36.4 Å². The van der Waals surface area contributed by atoms with Crippen molar-refractivity contribution >= 4 is 29.5 Å². The highest BCUT2D eigenvalue weighted by Crippen LogP contribution is 2.25. The average molecular weight is 366 g/mol. The molecule has 6 heteroatoms. The minimum absolute atomic E-state index is 0.185. The van der Waals surface area contributed by atoms with Crippen molar-refractivity contribution in [3.05, 3.63) is 77.1 Å². The second-order valence-electron chi connectivity index (χ2n) is 6.25. The molecule has 1 aliphatic rings. The van der Waals surface area contributed by atoms with E-state index in [9.17, 15) is 14.0 Å². The third-order valence-corrected chi connectivity index (χ3v) is 4.13. The molecule has 0 atom stereocenters. The van der Waals surface area contributed by atoms with Gasteiger partial charge in [0.25, 0.3) is 11.8 Å². The van der Waals surface area contributed by atoms with Crippen LogP contribution in [0, 0.1) is 5.82 Å². The standard InChI is InChI=1S/C21H19FN2O3/c22-17-8-5-15(6-9-17)19(21(26)23-18-10-11-18)13-16-4-2-1-3-14(16)7-12-20(25)24-27/h1-9,12-13,18,27H,10-11H2,(H,23,26)(H,24,25). The zero-order chi connectivity index (χ0) is 19.2. The first-order valence-electron chi connectivity index (χ1n) is 8.56. The average Bonchev–Trinajstić information content (AvgIpc) is 3.49. The van der Waals surface area contributed by atoms with Gasteiger partial charge < -0.3 is 5.32 Å². The molecule has 138 valence electrons. The van der Waals surface area contributed by atoms with Gasteiger partial charge >= 0.3 is 0 Å². The number of carbonyl (C=O) groups is 2. The third-order valence-electron chi connectivity index (χ3n) is 4.13. The van der Waals surface area contributed by atoms with E-state index < -0.39 is 5.91 Å². The Labute approximate surface area is 156 Å². The number of carbonyl (C=O) groups excluding carboxylic acids is 2. The Balaban J connectivity index is 2.00. The first kappa shape index (κ1) is 18.5. The van der Waals surface area contributed by atoms with Crippen molar-refractivity contribution in [1.29, 1.82) is 0 Å². The number of hydrogen-bond donors (Lipinski definition) is 3. The van der Waals surface area contributed by atoms with E-state index in [4.69, 9.17) is 5.21 Å². The lowest BCUT2D eigenvalue weighted by Gasteiger charge is -2.10. The summed E-state index contributed by atoms with van der Waals surface area (Å²) in [6, 6.07) is 13.1. The van der Waals surface area contributed by atoms with Crippen molar-refractivity contribution in [1.82, 2.24) is 10.8 Å². The molecule has 2 aromatic carbocycles. The topological polar surface area (TPSA) is 78.4 Å². The van der Waals surface area contributed by atoms with Crippen molar-refractivity contribution < 1.29 is 19.2 Å². The molecule has 0 aliphatic heterocycles. The molecule has 0 radical (unpaired) electrons. The molecule has 0 unspecified atom stereocenters. The van der Waals surface area contributed by atoms with Crippen LogP contribution in [0.25, 0.3) is 17.7 Å². The summed E-state index contributed by atoms with van der Waals surface area (Å²) in [6.07, 6.45) is 6.35. The second-order valence-corrected chi connectivity index (χ2v) is 6.25. The molecule has 1 saturated carbocycles. The van der Waals surface area contributed by atoms with Gasteiger partial charge in [-0.2, -0.15) is 0 Å². The lowest BCUT2D eigenvalue weighted by Crippen LogP contribution is -2.26. The summed E-state index contributed by atoms with van der Waals surface area (Å²) >= 11 is 0. The van der Waals surface area contributed by atoms with E-state index in [1.807, 2.05) is 12.1 Å². The number of hydroxylamine groups is 1. The SMILES string of the molecule is O=C(C=Cc1ccccc1C=C(C(=O)NC1CC1)c1ccc(F)cc1)NO. The molecule has 27 heavy (non-hydrogen) atoms. The number of nitrogens with one attached hydrogen (secondary N) is 2. The fraction of sp³-hybridized carbons (Fsp3) is 0.143. The summed E-state index contributed by atoms with van der Waals surface area (Å²) in [5.74, 6) is -1.26. The number of hydrogen-bond acceptors (Lipinski definition) is 3. The molecule has 0 saturated heterocycles. The van der Waals surface area contributed by atoms with E-state index in [1.165, 1.54) is 23.7 Å². The summed E-state index contributed by atoms with van der Waals surface area (Å²) in [5, 5.41) is 11.6. The Kier molecular flexibility index (Phi) is 5.78. The van der Waals surface area contributed by atoms with Crippen LogP contribution in [0.1, 0.15) is 29.5 Å². The number of rotatable bonds is 6. The van der Waals surface area contributed by atoms with Gasteiger partial charge in [0, 0.05) is 17.7 Å². The van der Waals surface area contributed by atoms with Crippen LogP contribution >= 0.6 is 0 Å². The van der Waals surface area contributed by atoms with Gasteiger partial charge in [-0.05, 0) is 53.8 Å². The molecule has 1 aliphatic carbocycles. The summed E-state index contributed by atoms with van der Waals surface area (Å²) in [4.78, 5) is 24.0. The predicted octanol–water partition coefficient (Wildman–Crippen LogP) is 3.16. The molecule has 5 nitrogen and oxygen atoms in total. The summed E-state index contributed by atoms with van der Waals surface area (Å²) in [7, 11) is 0. The number of benzene rings is 2. The van der Waals surface area contributed by atoms with Gasteiger partial charge in [0.1, 0.15) is 5.82 Å². The van der Waals surface area contributed by atoms with Gasteiger partial charge in [0.05, 0.1) is 0 Å². The maximum Gasteiger partial charge on any atom is 0.267 e. The second kappa shape index (κ2) is 8.42. The molecular formula is C21H19FN2O3. The van der Waals surface area contributed by atoms with Crippen molar-refractivity contribution in [2.45, 2.75) is 18.9 Å². The van der Waals surface area contributed by atoms with Crippen LogP contribution in [0.15, 0.2) is 54.6 Å². The highest BCUT2D eigenvalue weighted by Gasteiger charge is 2.25. The largest absolute Gasteiger partial charge is 0.349 e. The zero-order valence-electron chi connectivity index (χ0n) is 14.5. The highest BCUT2D eigenvalue weighted by atomic mass is 19.1. The molecular weight excluding hydrogens is 347 g/mol. The van der Waals surface area contributed by atoms with Crippen LogP contribution < -0.4 is 10.8 Å². The molecule has 0 spiro atoms. The van der Waals surface area contributed by atoms with E-state index >= 15 is 0 Å². The Morgan fingerprint density at radius 2 is 1.70 bits per heavy atom. The minimum atomic E-state index is -0.654. The van der Waals surface area contributed by atoms with Crippen molar-refractivity contribution in [3.8, 4) is 0 Å². The molecule has 2 aromatic rings. The Morgan fingerprint density at radius 1 is 1.04 bits per heavy atom. The molecule has 2 amide bonds. The van der Waals surface area contributed by atoms with Gasteiger partial charge in [-0.3, -0.25) is 14.8 Å². The van der Waals surface area contributed by atoms with Crippen LogP contribution in [-0.2, 0) is 9.59 Å². The van der Waals surface area contributed by atoms with E-state index in [0.717, 1.165) is 12.8 Å². The van der Waals surface area contributed by atoms with Crippen molar-refractivity contribution in [2.24, 2.45) is 0 Å². The lowest BCUT2D eigenvalue weighted by molar-refractivity contribution is -0.124. The van der Waals surface area contributed by atoms with Crippen LogP contribution in [0.5, 0.6) is 0 Å². The van der Waals surface area contributed by atoms with Gasteiger partial charge in [0.15, 0.2) is 0 Å². The summed E-state index contributed by atoms with van der Waals surface area (Å²) < 4.78 is 13.3. The monoisotopic (exact) mass is 366 g/mol. The van der Waals surface area contributed by atoms with Crippen LogP contribution in [-0.4, -0.2) is 23.1 Å². The quantitative estimate of drug-likeness (QED) is 0.318. The Bertz CT molecular complexity index is 900. The van der Waals surface area contributed by atoms with Gasteiger partial charge in [-0.25, -0.2) is 9.87 Å². The Morgan fingerprint density at radius 3 is 2.33 bits per heavy atom. The van der Waals surface area contributed by atoms with Crippen molar-refractivity contribution in [3.63, 3.8) is 0 Å². The van der Waals surface area contributed by atoms with Gasteiger partial charge in [-0.15, -0.1) is 0 Å². The van der Waals surface area contributed by atoms with Crippen LogP contribution in [0.2, 0.25) is 0 Å². The molecule has 0 heterocycles. The Hall–Kier alpha value is -3.25. The van der Waals surface area contributed by atoms with Crippen LogP contribution in [0.3, 0.4) is 0 Å².